The van der Waals surface area contributed by atoms with Crippen molar-refractivity contribution < 1.29 is 9.47 Å². The highest BCUT2D eigenvalue weighted by Crippen LogP contribution is 2.35. The van der Waals surface area contributed by atoms with Gasteiger partial charge >= 0.3 is 0 Å². The summed E-state index contributed by atoms with van der Waals surface area (Å²) in [6, 6.07) is 16.5. The third-order valence-corrected chi connectivity index (χ3v) is 4.12. The third kappa shape index (κ3) is 3.87. The largest absolute Gasteiger partial charge is 0.454 e. The molecule has 3 nitrogen and oxygen atoms in total. The third-order valence-electron chi connectivity index (χ3n) is 4.12. The van der Waals surface area contributed by atoms with Crippen molar-refractivity contribution in [3.05, 3.63) is 77.4 Å². The second-order valence-electron chi connectivity index (χ2n) is 5.81. The zero-order valence-electron chi connectivity index (χ0n) is 14.2. The summed E-state index contributed by atoms with van der Waals surface area (Å²) in [5, 5.41) is 3.49. The quantitative estimate of drug-likeness (QED) is 0.792. The molecule has 2 aromatic rings. The Morgan fingerprint density at radius 3 is 2.71 bits per heavy atom. The van der Waals surface area contributed by atoms with Gasteiger partial charge in [-0.1, -0.05) is 54.6 Å². The van der Waals surface area contributed by atoms with Gasteiger partial charge in [-0.15, -0.1) is 0 Å². The van der Waals surface area contributed by atoms with E-state index in [0.29, 0.717) is 6.79 Å². The average molecular weight is 321 g/mol. The molecule has 124 valence electrons. The lowest BCUT2D eigenvalue weighted by Crippen LogP contribution is -2.16. The van der Waals surface area contributed by atoms with E-state index in [9.17, 15) is 0 Å². The molecule has 0 radical (unpaired) electrons. The van der Waals surface area contributed by atoms with E-state index in [0.717, 1.165) is 30.2 Å². The highest BCUT2D eigenvalue weighted by Gasteiger charge is 2.16. The number of hydrogen-bond donors (Lipinski definition) is 1. The smallest absolute Gasteiger partial charge is 0.231 e. The Kier molecular flexibility index (Phi) is 5.34. The molecular weight excluding hydrogens is 298 g/mol. The van der Waals surface area contributed by atoms with Crippen molar-refractivity contribution in [3.63, 3.8) is 0 Å². The van der Waals surface area contributed by atoms with E-state index in [1.807, 2.05) is 18.2 Å². The highest BCUT2D eigenvalue weighted by molar-refractivity contribution is 5.66. The van der Waals surface area contributed by atoms with Crippen LogP contribution in [0.2, 0.25) is 0 Å². The zero-order valence-corrected chi connectivity index (χ0v) is 14.2. The number of nitrogens with one attached hydrogen (secondary N) is 1. The summed E-state index contributed by atoms with van der Waals surface area (Å²) < 4.78 is 11.0. The number of benzene rings is 2. The molecule has 1 aliphatic heterocycles. The van der Waals surface area contributed by atoms with Crippen LogP contribution in [-0.2, 0) is 6.54 Å². The minimum Gasteiger partial charge on any atom is -0.454 e. The van der Waals surface area contributed by atoms with Gasteiger partial charge in [0.1, 0.15) is 0 Å². The van der Waals surface area contributed by atoms with Crippen LogP contribution < -0.4 is 14.8 Å². The van der Waals surface area contributed by atoms with Gasteiger partial charge in [0.05, 0.1) is 0 Å². The SMILES string of the molecule is C/C=C(\C=C(/C)c1ccccc1)CNCc1cccc2c1OCO2. The number of fused-ring (bicyclic) bond motifs is 1. The predicted octanol–water partition coefficient (Wildman–Crippen LogP) is 4.55. The molecular formula is C21H23NO2. The molecule has 1 aliphatic rings. The average Bonchev–Trinajstić information content (AvgIpc) is 3.11. The lowest BCUT2D eigenvalue weighted by molar-refractivity contribution is 0.173. The zero-order chi connectivity index (χ0) is 16.8. The summed E-state index contributed by atoms with van der Waals surface area (Å²) in [5.74, 6) is 1.70. The normalized spacial score (nSPS) is 14.1. The summed E-state index contributed by atoms with van der Waals surface area (Å²) in [6.07, 6.45) is 4.38. The Hall–Kier alpha value is -2.52. The van der Waals surface area contributed by atoms with Crippen LogP contribution in [0.4, 0.5) is 0 Å². The second kappa shape index (κ2) is 7.84. The van der Waals surface area contributed by atoms with Crippen LogP contribution in [0.3, 0.4) is 0 Å². The van der Waals surface area contributed by atoms with Crippen LogP contribution >= 0.6 is 0 Å². The van der Waals surface area contributed by atoms with Gasteiger partial charge in [-0.05, 0) is 36.6 Å². The van der Waals surface area contributed by atoms with Crippen molar-refractivity contribution in [3.8, 4) is 11.5 Å². The fourth-order valence-corrected chi connectivity index (χ4v) is 2.77. The Balaban J connectivity index is 1.60. The van der Waals surface area contributed by atoms with E-state index in [4.69, 9.17) is 9.47 Å². The summed E-state index contributed by atoms with van der Waals surface area (Å²) in [4.78, 5) is 0. The van der Waals surface area contributed by atoms with Gasteiger partial charge in [-0.25, -0.2) is 0 Å². The van der Waals surface area contributed by atoms with Crippen molar-refractivity contribution in [1.82, 2.24) is 5.32 Å². The van der Waals surface area contributed by atoms with Crippen molar-refractivity contribution in [1.29, 1.82) is 0 Å². The molecule has 0 unspecified atom stereocenters. The molecule has 0 spiro atoms. The fourth-order valence-electron chi connectivity index (χ4n) is 2.77. The first-order chi connectivity index (χ1) is 11.8. The molecule has 3 heteroatoms. The van der Waals surface area contributed by atoms with Crippen LogP contribution in [-0.4, -0.2) is 13.3 Å². The molecule has 0 fully saturated rings. The first-order valence-electron chi connectivity index (χ1n) is 8.25. The first-order valence-corrected chi connectivity index (χ1v) is 8.25. The number of rotatable bonds is 6. The Labute approximate surface area is 143 Å². The maximum atomic E-state index is 5.55. The number of hydrogen-bond acceptors (Lipinski definition) is 3. The van der Waals surface area contributed by atoms with Crippen molar-refractivity contribution in [2.24, 2.45) is 0 Å². The molecule has 0 bridgehead atoms. The van der Waals surface area contributed by atoms with Crippen LogP contribution in [0.15, 0.2) is 66.3 Å². The number of para-hydroxylation sites is 1. The first kappa shape index (κ1) is 16.3. The molecule has 2 aromatic carbocycles. The van der Waals surface area contributed by atoms with Gasteiger partial charge in [0, 0.05) is 18.7 Å². The van der Waals surface area contributed by atoms with E-state index >= 15 is 0 Å². The lowest BCUT2D eigenvalue weighted by Gasteiger charge is -2.09. The topological polar surface area (TPSA) is 30.5 Å². The van der Waals surface area contributed by atoms with Gasteiger partial charge in [-0.2, -0.15) is 0 Å². The minimum absolute atomic E-state index is 0.311. The lowest BCUT2D eigenvalue weighted by atomic mass is 10.0. The van der Waals surface area contributed by atoms with Gasteiger partial charge in [-0.3, -0.25) is 0 Å². The molecule has 3 rings (SSSR count). The van der Waals surface area contributed by atoms with Crippen LogP contribution in [0.1, 0.15) is 25.0 Å². The van der Waals surface area contributed by atoms with Crippen molar-refractivity contribution in [2.75, 3.05) is 13.3 Å². The van der Waals surface area contributed by atoms with Gasteiger partial charge < -0.3 is 14.8 Å². The van der Waals surface area contributed by atoms with Crippen molar-refractivity contribution in [2.45, 2.75) is 20.4 Å². The summed E-state index contributed by atoms with van der Waals surface area (Å²) in [5.41, 5.74) is 4.91. The van der Waals surface area contributed by atoms with Crippen LogP contribution in [0.25, 0.3) is 5.57 Å². The highest BCUT2D eigenvalue weighted by atomic mass is 16.7. The maximum absolute atomic E-state index is 5.55. The summed E-state index contributed by atoms with van der Waals surface area (Å²) in [6.45, 7) is 6.09. The van der Waals surface area contributed by atoms with E-state index in [-0.39, 0.29) is 0 Å². The van der Waals surface area contributed by atoms with Gasteiger partial charge in [0.15, 0.2) is 11.5 Å². The number of allylic oxidation sites excluding steroid dienone is 2. The van der Waals surface area contributed by atoms with E-state index in [1.54, 1.807) is 0 Å². The molecule has 1 heterocycles. The molecule has 1 N–H and O–H groups in total. The van der Waals surface area contributed by atoms with E-state index < -0.39 is 0 Å². The Bertz CT molecular complexity index is 748. The van der Waals surface area contributed by atoms with Gasteiger partial charge in [0.2, 0.25) is 6.79 Å². The second-order valence-corrected chi connectivity index (χ2v) is 5.81. The molecule has 0 aromatic heterocycles. The minimum atomic E-state index is 0.311. The summed E-state index contributed by atoms with van der Waals surface area (Å²) >= 11 is 0. The van der Waals surface area contributed by atoms with Crippen LogP contribution in [0, 0.1) is 0 Å². The number of ether oxygens (including phenoxy) is 2. The molecule has 24 heavy (non-hydrogen) atoms. The van der Waals surface area contributed by atoms with Crippen molar-refractivity contribution >= 4 is 5.57 Å². The standard InChI is InChI=1S/C21H23NO2/c1-3-17(12-16(2)18-8-5-4-6-9-18)13-22-14-19-10-7-11-20-21(19)24-15-23-20/h3-12,22H,13-15H2,1-2H3/b16-12+,17-3+. The monoisotopic (exact) mass is 321 g/mol. The van der Waals surface area contributed by atoms with E-state index in [1.165, 1.54) is 16.7 Å². The molecule has 0 amide bonds. The molecule has 0 atom stereocenters. The fraction of sp³-hybridized carbons (Fsp3) is 0.238. The molecule has 0 aliphatic carbocycles. The molecule has 0 saturated heterocycles. The Morgan fingerprint density at radius 1 is 1.08 bits per heavy atom. The summed E-state index contributed by atoms with van der Waals surface area (Å²) in [7, 11) is 0. The van der Waals surface area contributed by atoms with E-state index in [2.05, 4.69) is 61.6 Å². The van der Waals surface area contributed by atoms with Crippen LogP contribution in [0.5, 0.6) is 11.5 Å². The predicted molar refractivity (Wildman–Crippen MR) is 98.1 cm³/mol. The molecule has 0 saturated carbocycles. The van der Waals surface area contributed by atoms with Gasteiger partial charge in [0.25, 0.3) is 0 Å². The maximum Gasteiger partial charge on any atom is 0.231 e. The Morgan fingerprint density at radius 2 is 1.92 bits per heavy atom.